The molecule has 0 aromatic heterocycles. The van der Waals surface area contributed by atoms with Gasteiger partial charge in [-0.2, -0.15) is 0 Å². The van der Waals surface area contributed by atoms with E-state index in [2.05, 4.69) is 4.72 Å². The third-order valence-corrected chi connectivity index (χ3v) is 3.97. The minimum atomic E-state index is -3.80. The summed E-state index contributed by atoms with van der Waals surface area (Å²) in [5.41, 5.74) is 0.803. The van der Waals surface area contributed by atoms with Gasteiger partial charge in [0.15, 0.2) is 0 Å². The number of nitrogens with one attached hydrogen (secondary N) is 1. The fourth-order valence-corrected chi connectivity index (χ4v) is 2.65. The fourth-order valence-electron chi connectivity index (χ4n) is 1.53. The molecule has 0 fully saturated rings. The van der Waals surface area contributed by atoms with Crippen molar-refractivity contribution in [2.75, 3.05) is 4.72 Å². The number of hydrogen-bond acceptors (Lipinski definition) is 3. The Balaban J connectivity index is 2.36. The number of phenols is 1. The molecule has 0 aliphatic heterocycles. The monoisotopic (exact) mass is 281 g/mol. The van der Waals surface area contributed by atoms with Crippen LogP contribution < -0.4 is 4.72 Å². The first-order chi connectivity index (χ1) is 8.88. The topological polar surface area (TPSA) is 66.4 Å². The van der Waals surface area contributed by atoms with Crippen LogP contribution in [0.1, 0.15) is 5.56 Å². The first kappa shape index (κ1) is 13.4. The Labute approximate surface area is 110 Å². The molecule has 6 heteroatoms. The van der Waals surface area contributed by atoms with Crippen LogP contribution in [0.3, 0.4) is 0 Å². The zero-order valence-corrected chi connectivity index (χ0v) is 10.9. The van der Waals surface area contributed by atoms with E-state index in [4.69, 9.17) is 5.11 Å². The van der Waals surface area contributed by atoms with E-state index < -0.39 is 15.8 Å². The first-order valence-corrected chi connectivity index (χ1v) is 6.95. The van der Waals surface area contributed by atoms with Gasteiger partial charge in [0.05, 0.1) is 10.6 Å². The normalized spacial score (nSPS) is 11.3. The largest absolute Gasteiger partial charge is 0.508 e. The molecule has 0 amide bonds. The molecule has 0 heterocycles. The van der Waals surface area contributed by atoms with Gasteiger partial charge in [0.1, 0.15) is 11.6 Å². The molecule has 0 saturated heterocycles. The van der Waals surface area contributed by atoms with Crippen LogP contribution in [0.2, 0.25) is 0 Å². The van der Waals surface area contributed by atoms with Crippen molar-refractivity contribution >= 4 is 15.7 Å². The molecule has 2 aromatic carbocycles. The molecule has 0 atom stereocenters. The first-order valence-electron chi connectivity index (χ1n) is 5.46. The predicted octanol–water partition coefficient (Wildman–Crippen LogP) is 2.64. The van der Waals surface area contributed by atoms with Crippen molar-refractivity contribution in [3.8, 4) is 5.75 Å². The lowest BCUT2D eigenvalue weighted by molar-refractivity contribution is 0.475. The number of aromatic hydroxyl groups is 1. The third-order valence-electron chi connectivity index (χ3n) is 2.59. The average molecular weight is 281 g/mol. The summed E-state index contributed by atoms with van der Waals surface area (Å²) in [6.45, 7) is 1.67. The molecule has 2 rings (SSSR count). The maximum Gasteiger partial charge on any atom is 0.261 e. The summed E-state index contributed by atoms with van der Waals surface area (Å²) < 4.78 is 39.5. The van der Waals surface area contributed by atoms with Gasteiger partial charge in [0.2, 0.25) is 0 Å². The highest BCUT2D eigenvalue weighted by Crippen LogP contribution is 2.21. The highest BCUT2D eigenvalue weighted by molar-refractivity contribution is 7.92. The van der Waals surface area contributed by atoms with Gasteiger partial charge in [-0.05, 0) is 48.9 Å². The van der Waals surface area contributed by atoms with Crippen molar-refractivity contribution in [1.29, 1.82) is 0 Å². The zero-order chi connectivity index (χ0) is 14.0. The maximum absolute atomic E-state index is 13.1. The van der Waals surface area contributed by atoms with E-state index in [0.29, 0.717) is 5.56 Å². The summed E-state index contributed by atoms with van der Waals surface area (Å²) >= 11 is 0. The van der Waals surface area contributed by atoms with Crippen LogP contribution in [0.4, 0.5) is 10.1 Å². The van der Waals surface area contributed by atoms with Gasteiger partial charge in [-0.25, -0.2) is 12.8 Å². The molecule has 0 radical (unpaired) electrons. The lowest BCUT2D eigenvalue weighted by atomic mass is 10.2. The van der Waals surface area contributed by atoms with Crippen molar-refractivity contribution in [3.05, 3.63) is 53.8 Å². The van der Waals surface area contributed by atoms with Crippen LogP contribution in [-0.2, 0) is 10.0 Å². The Hall–Kier alpha value is -2.08. The van der Waals surface area contributed by atoms with Gasteiger partial charge in [0.25, 0.3) is 10.0 Å². The number of hydrogen-bond donors (Lipinski definition) is 2. The molecule has 0 aliphatic carbocycles. The number of anilines is 1. The molecule has 0 spiro atoms. The second-order valence-electron chi connectivity index (χ2n) is 4.06. The molecule has 2 aromatic rings. The van der Waals surface area contributed by atoms with E-state index in [0.717, 1.165) is 6.07 Å². The minimum Gasteiger partial charge on any atom is -0.508 e. The van der Waals surface area contributed by atoms with Crippen molar-refractivity contribution in [2.24, 2.45) is 0 Å². The standard InChI is InChI=1S/C13H12FNO3S/c1-9-2-3-10(14)8-13(9)15-19(17,18)12-6-4-11(16)5-7-12/h2-8,15-16H,1H3. The lowest BCUT2D eigenvalue weighted by Gasteiger charge is -2.10. The molecule has 0 aliphatic rings. The van der Waals surface area contributed by atoms with Crippen LogP contribution in [0.5, 0.6) is 5.75 Å². The number of benzene rings is 2. The molecule has 0 saturated carbocycles. The zero-order valence-electron chi connectivity index (χ0n) is 10.1. The number of sulfonamides is 1. The van der Waals surface area contributed by atoms with Crippen molar-refractivity contribution in [2.45, 2.75) is 11.8 Å². The van der Waals surface area contributed by atoms with Gasteiger partial charge in [0, 0.05) is 0 Å². The Morgan fingerprint density at radius 2 is 1.74 bits per heavy atom. The molecule has 19 heavy (non-hydrogen) atoms. The Bertz CT molecular complexity index is 696. The van der Waals surface area contributed by atoms with Crippen LogP contribution in [-0.4, -0.2) is 13.5 Å². The molecular formula is C13H12FNO3S. The number of phenolic OH excluding ortho intramolecular Hbond substituents is 1. The number of aryl methyl sites for hydroxylation is 1. The molecule has 0 bridgehead atoms. The number of halogens is 1. The van der Waals surface area contributed by atoms with Crippen molar-refractivity contribution in [3.63, 3.8) is 0 Å². The predicted molar refractivity (Wildman–Crippen MR) is 70.1 cm³/mol. The van der Waals surface area contributed by atoms with E-state index in [-0.39, 0.29) is 16.3 Å². The quantitative estimate of drug-likeness (QED) is 0.909. The highest BCUT2D eigenvalue weighted by Gasteiger charge is 2.15. The summed E-state index contributed by atoms with van der Waals surface area (Å²) in [5, 5.41) is 9.13. The van der Waals surface area contributed by atoms with Gasteiger partial charge >= 0.3 is 0 Å². The Morgan fingerprint density at radius 1 is 1.11 bits per heavy atom. The Morgan fingerprint density at radius 3 is 2.37 bits per heavy atom. The maximum atomic E-state index is 13.1. The summed E-state index contributed by atoms with van der Waals surface area (Å²) in [7, 11) is -3.80. The SMILES string of the molecule is Cc1ccc(F)cc1NS(=O)(=O)c1ccc(O)cc1. The minimum absolute atomic E-state index is 0.00559. The van der Waals surface area contributed by atoms with E-state index in [9.17, 15) is 12.8 Å². The molecule has 0 unspecified atom stereocenters. The van der Waals surface area contributed by atoms with E-state index in [1.54, 1.807) is 6.92 Å². The third kappa shape index (κ3) is 3.03. The van der Waals surface area contributed by atoms with Gasteiger partial charge < -0.3 is 5.11 Å². The average Bonchev–Trinajstić information content (AvgIpc) is 2.34. The molecule has 4 nitrogen and oxygen atoms in total. The van der Waals surface area contributed by atoms with E-state index in [1.807, 2.05) is 0 Å². The van der Waals surface area contributed by atoms with Crippen molar-refractivity contribution < 1.29 is 17.9 Å². The van der Waals surface area contributed by atoms with Crippen LogP contribution in [0.15, 0.2) is 47.4 Å². The Kier molecular flexibility index (Phi) is 3.44. The van der Waals surface area contributed by atoms with E-state index >= 15 is 0 Å². The molecule has 100 valence electrons. The summed E-state index contributed by atoms with van der Waals surface area (Å²) in [6, 6.07) is 8.95. The van der Waals surface area contributed by atoms with Crippen LogP contribution in [0, 0.1) is 12.7 Å². The summed E-state index contributed by atoms with van der Waals surface area (Å²) in [5.74, 6) is -0.546. The van der Waals surface area contributed by atoms with Gasteiger partial charge in [-0.15, -0.1) is 0 Å². The molecule has 2 N–H and O–H groups in total. The fraction of sp³-hybridized carbons (Fsp3) is 0.0769. The summed E-state index contributed by atoms with van der Waals surface area (Å²) in [4.78, 5) is -0.00559. The van der Waals surface area contributed by atoms with Crippen molar-refractivity contribution in [1.82, 2.24) is 0 Å². The second-order valence-corrected chi connectivity index (χ2v) is 5.74. The van der Waals surface area contributed by atoms with Crippen LogP contribution in [0.25, 0.3) is 0 Å². The van der Waals surface area contributed by atoms with E-state index in [1.165, 1.54) is 36.4 Å². The van der Waals surface area contributed by atoms with Gasteiger partial charge in [-0.3, -0.25) is 4.72 Å². The smallest absolute Gasteiger partial charge is 0.261 e. The number of rotatable bonds is 3. The second kappa shape index (κ2) is 4.89. The summed E-state index contributed by atoms with van der Waals surface area (Å²) in [6.07, 6.45) is 0. The van der Waals surface area contributed by atoms with Crippen LogP contribution >= 0.6 is 0 Å². The lowest BCUT2D eigenvalue weighted by Crippen LogP contribution is -2.13. The highest BCUT2D eigenvalue weighted by atomic mass is 32.2. The van der Waals surface area contributed by atoms with Gasteiger partial charge in [-0.1, -0.05) is 6.07 Å². The molecular weight excluding hydrogens is 269 g/mol.